The number of aliphatic hydroxyl groups is 1. The predicted molar refractivity (Wildman–Crippen MR) is 70.5 cm³/mol. The lowest BCUT2D eigenvalue weighted by Gasteiger charge is -2.07. The molecule has 0 amide bonds. The number of hydrogen-bond acceptors (Lipinski definition) is 3. The molecule has 0 unspecified atom stereocenters. The van der Waals surface area contributed by atoms with Gasteiger partial charge in [0.2, 0.25) is 0 Å². The van der Waals surface area contributed by atoms with E-state index in [9.17, 15) is 0 Å². The van der Waals surface area contributed by atoms with Crippen LogP contribution < -0.4 is 11.1 Å². The second kappa shape index (κ2) is 5.37. The molecule has 0 aliphatic heterocycles. The highest BCUT2D eigenvalue weighted by atomic mass is 16.3. The fourth-order valence-corrected chi connectivity index (χ4v) is 1.57. The molecule has 0 saturated carbocycles. The van der Waals surface area contributed by atoms with Gasteiger partial charge in [-0.15, -0.1) is 0 Å². The van der Waals surface area contributed by atoms with Gasteiger partial charge < -0.3 is 16.2 Å². The number of rotatable bonds is 4. The van der Waals surface area contributed by atoms with Crippen molar-refractivity contribution >= 4 is 11.4 Å². The van der Waals surface area contributed by atoms with Gasteiger partial charge in [0.15, 0.2) is 0 Å². The van der Waals surface area contributed by atoms with E-state index in [2.05, 4.69) is 5.32 Å². The van der Waals surface area contributed by atoms with Crippen molar-refractivity contribution in [3.8, 4) is 0 Å². The van der Waals surface area contributed by atoms with E-state index in [1.165, 1.54) is 5.56 Å². The summed E-state index contributed by atoms with van der Waals surface area (Å²) in [5, 5.41) is 12.2. The average Bonchev–Trinajstić information content (AvgIpc) is 2.39. The van der Waals surface area contributed by atoms with Crippen molar-refractivity contribution < 1.29 is 5.11 Å². The van der Waals surface area contributed by atoms with Gasteiger partial charge in [-0.3, -0.25) is 0 Å². The molecule has 0 radical (unpaired) electrons. The zero-order chi connectivity index (χ0) is 12.1. The largest absolute Gasteiger partial charge is 0.399 e. The SMILES string of the molecule is Nc1ccc(NCc2ccc(CO)cc2)cc1. The van der Waals surface area contributed by atoms with E-state index in [1.807, 2.05) is 48.5 Å². The summed E-state index contributed by atoms with van der Waals surface area (Å²) in [5.41, 5.74) is 9.54. The van der Waals surface area contributed by atoms with Crippen molar-refractivity contribution in [3.05, 3.63) is 59.7 Å². The Morgan fingerprint density at radius 1 is 0.882 bits per heavy atom. The molecule has 0 saturated heterocycles. The van der Waals surface area contributed by atoms with E-state index in [0.29, 0.717) is 0 Å². The van der Waals surface area contributed by atoms with E-state index in [4.69, 9.17) is 10.8 Å². The van der Waals surface area contributed by atoms with E-state index >= 15 is 0 Å². The lowest BCUT2D eigenvalue weighted by molar-refractivity contribution is 0.282. The lowest BCUT2D eigenvalue weighted by Crippen LogP contribution is -1.99. The fraction of sp³-hybridized carbons (Fsp3) is 0.143. The first-order valence-electron chi connectivity index (χ1n) is 5.56. The summed E-state index contributed by atoms with van der Waals surface area (Å²) < 4.78 is 0. The Kier molecular flexibility index (Phi) is 3.62. The average molecular weight is 228 g/mol. The van der Waals surface area contributed by atoms with Gasteiger partial charge in [-0.05, 0) is 35.4 Å². The summed E-state index contributed by atoms with van der Waals surface area (Å²) in [7, 11) is 0. The minimum atomic E-state index is 0.0890. The number of benzene rings is 2. The molecular formula is C14H16N2O. The molecule has 0 aliphatic rings. The highest BCUT2D eigenvalue weighted by Crippen LogP contribution is 2.12. The Morgan fingerprint density at radius 3 is 2.06 bits per heavy atom. The van der Waals surface area contributed by atoms with Gasteiger partial charge in [0.05, 0.1) is 6.61 Å². The Morgan fingerprint density at radius 2 is 1.47 bits per heavy atom. The number of nitrogens with two attached hydrogens (primary N) is 1. The Hall–Kier alpha value is -2.00. The molecule has 0 fully saturated rings. The van der Waals surface area contributed by atoms with Crippen LogP contribution in [0.15, 0.2) is 48.5 Å². The van der Waals surface area contributed by atoms with Crippen molar-refractivity contribution in [3.63, 3.8) is 0 Å². The van der Waals surface area contributed by atoms with Gasteiger partial charge in [0.1, 0.15) is 0 Å². The summed E-state index contributed by atoms with van der Waals surface area (Å²) in [6, 6.07) is 15.5. The van der Waals surface area contributed by atoms with Crippen molar-refractivity contribution in [2.24, 2.45) is 0 Å². The van der Waals surface area contributed by atoms with Gasteiger partial charge in [-0.25, -0.2) is 0 Å². The number of nitrogen functional groups attached to an aromatic ring is 1. The Bertz CT molecular complexity index is 463. The quantitative estimate of drug-likeness (QED) is 0.704. The molecule has 2 rings (SSSR count). The van der Waals surface area contributed by atoms with Crippen LogP contribution in [0, 0.1) is 0 Å². The molecule has 4 N–H and O–H groups in total. The number of anilines is 2. The first-order valence-corrected chi connectivity index (χ1v) is 5.56. The molecule has 2 aromatic carbocycles. The molecule has 3 heteroatoms. The summed E-state index contributed by atoms with van der Waals surface area (Å²) in [6.45, 7) is 0.849. The summed E-state index contributed by atoms with van der Waals surface area (Å²) in [5.74, 6) is 0. The van der Waals surface area contributed by atoms with Crippen LogP contribution in [0.5, 0.6) is 0 Å². The number of nitrogens with one attached hydrogen (secondary N) is 1. The van der Waals surface area contributed by atoms with Crippen LogP contribution in [-0.2, 0) is 13.2 Å². The van der Waals surface area contributed by atoms with E-state index < -0.39 is 0 Å². The molecule has 17 heavy (non-hydrogen) atoms. The van der Waals surface area contributed by atoms with Crippen LogP contribution >= 0.6 is 0 Å². The molecule has 2 aromatic rings. The third kappa shape index (κ3) is 3.23. The van der Waals surface area contributed by atoms with Crippen LogP contribution in [-0.4, -0.2) is 5.11 Å². The first kappa shape index (κ1) is 11.5. The van der Waals surface area contributed by atoms with Crippen LogP contribution in [0.25, 0.3) is 0 Å². The summed E-state index contributed by atoms with van der Waals surface area (Å²) >= 11 is 0. The number of hydrogen-bond donors (Lipinski definition) is 3. The molecule has 0 aromatic heterocycles. The van der Waals surface area contributed by atoms with Crippen molar-refractivity contribution in [2.75, 3.05) is 11.1 Å². The van der Waals surface area contributed by atoms with E-state index in [0.717, 1.165) is 23.5 Å². The normalized spacial score (nSPS) is 10.2. The lowest BCUT2D eigenvalue weighted by atomic mass is 10.1. The molecule has 3 nitrogen and oxygen atoms in total. The molecule has 0 heterocycles. The van der Waals surface area contributed by atoms with Crippen molar-refractivity contribution in [1.29, 1.82) is 0 Å². The van der Waals surface area contributed by atoms with Gasteiger partial charge in [0, 0.05) is 17.9 Å². The summed E-state index contributed by atoms with van der Waals surface area (Å²) in [6.07, 6.45) is 0. The maximum absolute atomic E-state index is 8.93. The monoisotopic (exact) mass is 228 g/mol. The summed E-state index contributed by atoms with van der Waals surface area (Å²) in [4.78, 5) is 0. The van der Waals surface area contributed by atoms with E-state index in [-0.39, 0.29) is 6.61 Å². The second-order valence-corrected chi connectivity index (χ2v) is 3.95. The third-order valence-electron chi connectivity index (χ3n) is 2.61. The molecule has 0 bridgehead atoms. The van der Waals surface area contributed by atoms with Crippen LogP contribution in [0.4, 0.5) is 11.4 Å². The molecule has 88 valence electrons. The molecule has 0 spiro atoms. The van der Waals surface area contributed by atoms with Crippen LogP contribution in [0.3, 0.4) is 0 Å². The molecule has 0 atom stereocenters. The maximum atomic E-state index is 8.93. The fourth-order valence-electron chi connectivity index (χ4n) is 1.57. The third-order valence-corrected chi connectivity index (χ3v) is 2.61. The molecule has 0 aliphatic carbocycles. The number of aliphatic hydroxyl groups excluding tert-OH is 1. The van der Waals surface area contributed by atoms with Gasteiger partial charge >= 0.3 is 0 Å². The Balaban J connectivity index is 1.95. The van der Waals surface area contributed by atoms with Crippen molar-refractivity contribution in [2.45, 2.75) is 13.2 Å². The van der Waals surface area contributed by atoms with Gasteiger partial charge in [-0.2, -0.15) is 0 Å². The highest BCUT2D eigenvalue weighted by Gasteiger charge is 1.95. The Labute approximate surface area is 101 Å². The minimum Gasteiger partial charge on any atom is -0.399 e. The topological polar surface area (TPSA) is 58.3 Å². The standard InChI is InChI=1S/C14H16N2O/c15-13-5-7-14(8-6-13)16-9-11-1-3-12(10-17)4-2-11/h1-8,16-17H,9-10,15H2. The zero-order valence-corrected chi connectivity index (χ0v) is 9.56. The minimum absolute atomic E-state index is 0.0890. The van der Waals surface area contributed by atoms with Crippen LogP contribution in [0.1, 0.15) is 11.1 Å². The highest BCUT2D eigenvalue weighted by molar-refractivity contribution is 5.51. The second-order valence-electron chi connectivity index (χ2n) is 3.95. The van der Waals surface area contributed by atoms with Crippen LogP contribution in [0.2, 0.25) is 0 Å². The van der Waals surface area contributed by atoms with Gasteiger partial charge in [0.25, 0.3) is 0 Å². The smallest absolute Gasteiger partial charge is 0.0681 e. The first-order chi connectivity index (χ1) is 8.28. The van der Waals surface area contributed by atoms with Gasteiger partial charge in [-0.1, -0.05) is 24.3 Å². The maximum Gasteiger partial charge on any atom is 0.0681 e. The van der Waals surface area contributed by atoms with E-state index in [1.54, 1.807) is 0 Å². The van der Waals surface area contributed by atoms with Crippen molar-refractivity contribution in [1.82, 2.24) is 0 Å². The predicted octanol–water partition coefficient (Wildman–Crippen LogP) is 2.37. The zero-order valence-electron chi connectivity index (χ0n) is 9.56. The molecular weight excluding hydrogens is 212 g/mol.